The van der Waals surface area contributed by atoms with Crippen LogP contribution in [-0.2, 0) is 10.0 Å². The smallest absolute Gasteiger partial charge is 0.266 e. The molecule has 196 valence electrons. The van der Waals surface area contributed by atoms with Crippen LogP contribution in [0.4, 0.5) is 0 Å². The average Bonchev–Trinajstić information content (AvgIpc) is 3.11. The average molecular weight is 519 g/mol. The van der Waals surface area contributed by atoms with Gasteiger partial charge >= 0.3 is 0 Å². The van der Waals surface area contributed by atoms with Crippen molar-refractivity contribution in [2.75, 3.05) is 7.11 Å². The highest BCUT2D eigenvalue weighted by atomic mass is 32.2. The summed E-state index contributed by atoms with van der Waals surface area (Å²) < 4.78 is 35.7. The summed E-state index contributed by atoms with van der Waals surface area (Å²) in [5, 5.41) is 0. The van der Waals surface area contributed by atoms with Gasteiger partial charge in [0.05, 0.1) is 23.6 Å². The first-order valence-electron chi connectivity index (χ1n) is 12.7. The Morgan fingerprint density at radius 1 is 0.865 bits per heavy atom. The van der Waals surface area contributed by atoms with Gasteiger partial charge in [0.25, 0.3) is 10.0 Å². The molecule has 1 unspecified atom stereocenters. The van der Waals surface area contributed by atoms with Crippen LogP contribution in [-0.4, -0.2) is 31.2 Å². The molecule has 0 aromatic heterocycles. The summed E-state index contributed by atoms with van der Waals surface area (Å²) in [4.78, 5) is 5.47. The molecule has 0 fully saturated rings. The van der Waals surface area contributed by atoms with Crippen molar-refractivity contribution in [3.8, 4) is 5.75 Å². The number of amidine groups is 1. The van der Waals surface area contributed by atoms with Crippen LogP contribution in [0.25, 0.3) is 0 Å². The van der Waals surface area contributed by atoms with Gasteiger partial charge in [-0.2, -0.15) is 0 Å². The molecule has 0 saturated heterocycles. The quantitative estimate of drug-likeness (QED) is 0.351. The highest BCUT2D eigenvalue weighted by Gasteiger charge is 2.45. The molecule has 0 N–H and O–H groups in total. The zero-order valence-corrected chi connectivity index (χ0v) is 24.0. The topological polar surface area (TPSA) is 59.0 Å². The van der Waals surface area contributed by atoms with Crippen molar-refractivity contribution < 1.29 is 13.2 Å². The molecular formula is C31H38N2O3S. The molecule has 0 bridgehead atoms. The van der Waals surface area contributed by atoms with Crippen LogP contribution < -0.4 is 4.74 Å². The van der Waals surface area contributed by atoms with Gasteiger partial charge in [0, 0.05) is 5.56 Å². The van der Waals surface area contributed by atoms with E-state index in [2.05, 4.69) is 40.7 Å². The van der Waals surface area contributed by atoms with Crippen LogP contribution in [0.3, 0.4) is 0 Å². The molecule has 1 heterocycles. The van der Waals surface area contributed by atoms with Crippen molar-refractivity contribution in [3.05, 3.63) is 94.5 Å². The van der Waals surface area contributed by atoms with Crippen LogP contribution in [0.2, 0.25) is 0 Å². The molecule has 0 aliphatic carbocycles. The van der Waals surface area contributed by atoms with Crippen molar-refractivity contribution >= 4 is 15.9 Å². The summed E-state index contributed by atoms with van der Waals surface area (Å²) in [7, 11) is -2.32. The van der Waals surface area contributed by atoms with Crippen molar-refractivity contribution in [1.29, 1.82) is 0 Å². The Morgan fingerprint density at radius 3 is 2.03 bits per heavy atom. The summed E-state index contributed by atoms with van der Waals surface area (Å²) in [5.74, 6) is 1.22. The molecule has 37 heavy (non-hydrogen) atoms. The van der Waals surface area contributed by atoms with E-state index < -0.39 is 21.6 Å². The SMILES string of the molecule is COc1ccc(C2c3ccc(C)cc3C(=NC(C)(C)CC(C)(C)C)N2S(=O)(=O)c2ccc(C)cc2)cc1. The molecule has 3 aromatic carbocycles. The lowest BCUT2D eigenvalue weighted by Crippen LogP contribution is -2.38. The summed E-state index contributed by atoms with van der Waals surface area (Å²) in [6, 6.07) is 20.3. The molecule has 6 heteroatoms. The van der Waals surface area contributed by atoms with Crippen molar-refractivity contribution in [3.63, 3.8) is 0 Å². The maximum Gasteiger partial charge on any atom is 0.266 e. The number of methoxy groups -OCH3 is 1. The minimum absolute atomic E-state index is 0.0254. The predicted molar refractivity (Wildman–Crippen MR) is 151 cm³/mol. The standard InChI is InChI=1S/C31H38N2O3S/c1-21-9-16-25(17-10-21)37(34,35)33-28(23-12-14-24(36-8)15-13-23)26-18-11-22(2)19-27(26)29(33)32-31(6,7)20-30(3,4)5/h9-19,28H,20H2,1-8H3. The van der Waals surface area contributed by atoms with E-state index in [1.807, 2.05) is 62.4 Å². The first-order valence-corrected chi connectivity index (χ1v) is 14.1. The van der Waals surface area contributed by atoms with E-state index >= 15 is 0 Å². The van der Waals surface area contributed by atoms with Crippen LogP contribution in [0.5, 0.6) is 5.75 Å². The zero-order chi connectivity index (χ0) is 27.2. The number of benzene rings is 3. The van der Waals surface area contributed by atoms with E-state index in [1.54, 1.807) is 19.2 Å². The number of nitrogens with zero attached hydrogens (tertiary/aromatic N) is 2. The third kappa shape index (κ3) is 5.59. The second kappa shape index (κ2) is 9.64. The minimum atomic E-state index is -3.94. The van der Waals surface area contributed by atoms with E-state index in [9.17, 15) is 8.42 Å². The molecule has 4 rings (SSSR count). The fourth-order valence-corrected chi connectivity index (χ4v) is 6.97. The Morgan fingerprint density at radius 2 is 1.46 bits per heavy atom. The molecular weight excluding hydrogens is 480 g/mol. The number of fused-ring (bicyclic) bond motifs is 1. The second-order valence-corrected chi connectivity index (χ2v) is 13.7. The van der Waals surface area contributed by atoms with Crippen LogP contribution in [0.15, 0.2) is 76.6 Å². The van der Waals surface area contributed by atoms with E-state index in [4.69, 9.17) is 9.73 Å². The molecule has 1 aliphatic rings. The zero-order valence-electron chi connectivity index (χ0n) is 23.2. The van der Waals surface area contributed by atoms with Crippen LogP contribution >= 0.6 is 0 Å². The number of hydrogen-bond donors (Lipinski definition) is 0. The minimum Gasteiger partial charge on any atom is -0.497 e. The number of aryl methyl sites for hydroxylation is 2. The summed E-state index contributed by atoms with van der Waals surface area (Å²) in [6.07, 6.45) is 0.802. The number of sulfonamides is 1. The number of aliphatic imine (C=N–C) groups is 1. The molecule has 0 spiro atoms. The molecule has 1 aliphatic heterocycles. The van der Waals surface area contributed by atoms with Gasteiger partial charge in [0.1, 0.15) is 11.6 Å². The molecule has 3 aromatic rings. The van der Waals surface area contributed by atoms with Gasteiger partial charge in [0.2, 0.25) is 0 Å². The fraction of sp³-hybridized carbons (Fsp3) is 0.387. The highest BCUT2D eigenvalue weighted by molar-refractivity contribution is 7.89. The molecule has 5 nitrogen and oxygen atoms in total. The van der Waals surface area contributed by atoms with Gasteiger partial charge in [-0.25, -0.2) is 12.7 Å². The number of rotatable bonds is 6. The second-order valence-electron chi connectivity index (χ2n) is 11.9. The summed E-state index contributed by atoms with van der Waals surface area (Å²) in [5.41, 5.74) is 4.26. The largest absolute Gasteiger partial charge is 0.497 e. The molecule has 0 saturated carbocycles. The van der Waals surface area contributed by atoms with Crippen LogP contribution in [0, 0.1) is 19.3 Å². The van der Waals surface area contributed by atoms with Gasteiger partial charge in [-0.1, -0.05) is 68.3 Å². The Labute approximate surface area is 222 Å². The lowest BCUT2D eigenvalue weighted by molar-refractivity contribution is 0.287. The monoisotopic (exact) mass is 518 g/mol. The Bertz CT molecular complexity index is 1410. The van der Waals surface area contributed by atoms with Crippen molar-refractivity contribution in [2.24, 2.45) is 10.4 Å². The predicted octanol–water partition coefficient (Wildman–Crippen LogP) is 7.07. The van der Waals surface area contributed by atoms with E-state index in [0.717, 1.165) is 40.0 Å². The van der Waals surface area contributed by atoms with Gasteiger partial charge in [-0.3, -0.25) is 4.99 Å². The lowest BCUT2D eigenvalue weighted by atomic mass is 9.82. The molecule has 1 atom stereocenters. The Balaban J connectivity index is 2.00. The molecule has 0 radical (unpaired) electrons. The first kappa shape index (κ1) is 26.9. The lowest BCUT2D eigenvalue weighted by Gasteiger charge is -2.32. The van der Waals surface area contributed by atoms with Crippen molar-refractivity contribution in [1.82, 2.24) is 4.31 Å². The summed E-state index contributed by atoms with van der Waals surface area (Å²) >= 11 is 0. The molecule has 0 amide bonds. The van der Waals surface area contributed by atoms with Crippen LogP contribution in [0.1, 0.15) is 74.9 Å². The van der Waals surface area contributed by atoms with E-state index in [-0.39, 0.29) is 10.3 Å². The normalized spacial score (nSPS) is 17.2. The van der Waals surface area contributed by atoms with Gasteiger partial charge < -0.3 is 4.74 Å². The third-order valence-corrected chi connectivity index (χ3v) is 8.34. The Kier molecular flexibility index (Phi) is 7.02. The van der Waals surface area contributed by atoms with E-state index in [0.29, 0.717) is 5.84 Å². The number of hydrogen-bond acceptors (Lipinski definition) is 4. The van der Waals surface area contributed by atoms with Crippen molar-refractivity contribution in [2.45, 2.75) is 71.4 Å². The maximum absolute atomic E-state index is 14.4. The number of ether oxygens (including phenoxy) is 1. The Hall–Kier alpha value is -3.12. The third-order valence-electron chi connectivity index (χ3n) is 6.57. The first-order chi connectivity index (χ1) is 17.2. The highest BCUT2D eigenvalue weighted by Crippen LogP contribution is 2.44. The van der Waals surface area contributed by atoms with Gasteiger partial charge in [0.15, 0.2) is 0 Å². The fourth-order valence-electron chi connectivity index (χ4n) is 5.38. The van der Waals surface area contributed by atoms with Gasteiger partial charge in [-0.05, 0) is 81.0 Å². The maximum atomic E-state index is 14.4. The van der Waals surface area contributed by atoms with Gasteiger partial charge in [-0.15, -0.1) is 0 Å². The van der Waals surface area contributed by atoms with E-state index in [1.165, 1.54) is 4.31 Å². The summed E-state index contributed by atoms with van der Waals surface area (Å²) in [6.45, 7) is 14.7.